The fourth-order valence-corrected chi connectivity index (χ4v) is 3.08. The van der Waals surface area contributed by atoms with Crippen LogP contribution in [0.2, 0.25) is 0 Å². The monoisotopic (exact) mass is 335 g/mol. The number of hydrogen-bond donors (Lipinski definition) is 0. The lowest BCUT2D eigenvalue weighted by Gasteiger charge is -2.19. The van der Waals surface area contributed by atoms with Gasteiger partial charge in [-0.25, -0.2) is 9.97 Å². The van der Waals surface area contributed by atoms with Crippen molar-refractivity contribution in [2.24, 2.45) is 0 Å². The third kappa shape index (κ3) is 2.65. The topological polar surface area (TPSA) is 38.2 Å². The molecule has 1 aliphatic rings. The van der Waals surface area contributed by atoms with E-state index < -0.39 is 0 Å². The molecule has 2 heterocycles. The smallest absolute Gasteiger partial charge is 0.140 e. The Balaban J connectivity index is 1.99. The molecule has 1 fully saturated rings. The molecule has 1 saturated heterocycles. The molecule has 4 nitrogen and oxygen atoms in total. The summed E-state index contributed by atoms with van der Waals surface area (Å²) in [6.45, 7) is 6.67. The van der Waals surface area contributed by atoms with Gasteiger partial charge in [-0.15, -0.1) is 0 Å². The van der Waals surface area contributed by atoms with Crippen LogP contribution in [0.1, 0.15) is 19.2 Å². The van der Waals surface area contributed by atoms with Gasteiger partial charge in [0.15, 0.2) is 0 Å². The van der Waals surface area contributed by atoms with Crippen LogP contribution in [0.3, 0.4) is 0 Å². The van der Waals surface area contributed by atoms with E-state index in [4.69, 9.17) is 4.74 Å². The van der Waals surface area contributed by atoms with E-state index in [0.717, 1.165) is 53.1 Å². The minimum Gasteiger partial charge on any atom is -0.377 e. The van der Waals surface area contributed by atoms with Gasteiger partial charge < -0.3 is 9.64 Å². The Morgan fingerprint density at radius 3 is 3.05 bits per heavy atom. The molecule has 0 saturated carbocycles. The molecule has 0 spiro atoms. The molecule has 5 heteroatoms. The second-order valence-electron chi connectivity index (χ2n) is 5.07. The van der Waals surface area contributed by atoms with E-state index in [2.05, 4.69) is 36.9 Å². The number of fused-ring (bicyclic) bond motifs is 1. The lowest BCUT2D eigenvalue weighted by Crippen LogP contribution is -2.24. The maximum Gasteiger partial charge on any atom is 0.140 e. The highest BCUT2D eigenvalue weighted by atomic mass is 79.9. The Bertz CT molecular complexity index is 627. The number of aromatic nitrogens is 2. The van der Waals surface area contributed by atoms with Gasteiger partial charge in [0.25, 0.3) is 0 Å². The Kier molecular flexibility index (Phi) is 3.89. The molecule has 1 unspecified atom stereocenters. The second-order valence-corrected chi connectivity index (χ2v) is 5.98. The summed E-state index contributed by atoms with van der Waals surface area (Å²) >= 11 is 3.50. The molecule has 1 aromatic carbocycles. The van der Waals surface area contributed by atoms with Gasteiger partial charge in [0.1, 0.15) is 11.6 Å². The van der Waals surface area contributed by atoms with Gasteiger partial charge >= 0.3 is 0 Å². The van der Waals surface area contributed by atoms with Crippen LogP contribution in [0, 0.1) is 6.92 Å². The lowest BCUT2D eigenvalue weighted by molar-refractivity contribution is 0.0787. The molecule has 1 atom stereocenters. The van der Waals surface area contributed by atoms with Gasteiger partial charge in [-0.2, -0.15) is 0 Å². The summed E-state index contributed by atoms with van der Waals surface area (Å²) in [6.07, 6.45) is 1.38. The van der Waals surface area contributed by atoms with Crippen molar-refractivity contribution in [2.75, 3.05) is 24.6 Å². The molecule has 0 amide bonds. The second kappa shape index (κ2) is 5.66. The van der Waals surface area contributed by atoms with Crippen LogP contribution in [-0.4, -0.2) is 35.8 Å². The van der Waals surface area contributed by atoms with Gasteiger partial charge in [-0.3, -0.25) is 0 Å². The van der Waals surface area contributed by atoms with E-state index in [-0.39, 0.29) is 0 Å². The van der Waals surface area contributed by atoms with Crippen LogP contribution in [0.5, 0.6) is 0 Å². The Labute approximate surface area is 127 Å². The van der Waals surface area contributed by atoms with E-state index in [1.807, 2.05) is 26.0 Å². The van der Waals surface area contributed by atoms with Gasteiger partial charge in [0.2, 0.25) is 0 Å². The van der Waals surface area contributed by atoms with Crippen LogP contribution in [-0.2, 0) is 4.74 Å². The highest BCUT2D eigenvalue weighted by molar-refractivity contribution is 9.10. The van der Waals surface area contributed by atoms with Crippen molar-refractivity contribution in [3.63, 3.8) is 0 Å². The van der Waals surface area contributed by atoms with E-state index in [9.17, 15) is 0 Å². The molecule has 20 heavy (non-hydrogen) atoms. The van der Waals surface area contributed by atoms with Crippen LogP contribution in [0.15, 0.2) is 22.7 Å². The van der Waals surface area contributed by atoms with Gasteiger partial charge in [0.05, 0.1) is 11.6 Å². The van der Waals surface area contributed by atoms with Gasteiger partial charge in [-0.05, 0) is 38.5 Å². The molecule has 0 bridgehead atoms. The highest BCUT2D eigenvalue weighted by Crippen LogP contribution is 2.29. The zero-order valence-corrected chi connectivity index (χ0v) is 13.4. The molecular weight excluding hydrogens is 318 g/mol. The summed E-state index contributed by atoms with van der Waals surface area (Å²) in [6, 6.07) is 6.17. The lowest BCUT2D eigenvalue weighted by atomic mass is 10.2. The molecule has 2 aromatic rings. The number of benzene rings is 1. The minimum absolute atomic E-state index is 0.320. The van der Waals surface area contributed by atoms with Gasteiger partial charge in [0, 0.05) is 29.6 Å². The highest BCUT2D eigenvalue weighted by Gasteiger charge is 2.25. The molecule has 3 rings (SSSR count). The Hall–Kier alpha value is -1.20. The zero-order chi connectivity index (χ0) is 14.1. The van der Waals surface area contributed by atoms with Crippen molar-refractivity contribution in [3.8, 4) is 0 Å². The van der Waals surface area contributed by atoms with Gasteiger partial charge in [-0.1, -0.05) is 15.9 Å². The minimum atomic E-state index is 0.320. The number of ether oxygens (including phenoxy) is 1. The van der Waals surface area contributed by atoms with Crippen molar-refractivity contribution in [3.05, 3.63) is 28.5 Å². The summed E-state index contributed by atoms with van der Waals surface area (Å²) < 4.78 is 6.77. The molecule has 1 aromatic heterocycles. The maximum absolute atomic E-state index is 5.72. The van der Waals surface area contributed by atoms with E-state index in [1.165, 1.54) is 0 Å². The number of rotatable bonds is 3. The Morgan fingerprint density at radius 1 is 1.40 bits per heavy atom. The number of nitrogens with zero attached hydrogens (tertiary/aromatic N) is 3. The molecule has 0 radical (unpaired) electrons. The fourth-order valence-electron chi connectivity index (χ4n) is 2.73. The van der Waals surface area contributed by atoms with Crippen molar-refractivity contribution >= 4 is 32.7 Å². The van der Waals surface area contributed by atoms with Crippen LogP contribution in [0.25, 0.3) is 10.9 Å². The fraction of sp³-hybridized carbons (Fsp3) is 0.467. The number of hydrogen-bond acceptors (Lipinski definition) is 4. The summed E-state index contributed by atoms with van der Waals surface area (Å²) in [4.78, 5) is 11.5. The molecule has 106 valence electrons. The average Bonchev–Trinajstić information content (AvgIpc) is 2.86. The summed E-state index contributed by atoms with van der Waals surface area (Å²) in [5.41, 5.74) is 0.988. The molecule has 1 aliphatic heterocycles. The average molecular weight is 336 g/mol. The van der Waals surface area contributed by atoms with Crippen LogP contribution >= 0.6 is 15.9 Å². The van der Waals surface area contributed by atoms with E-state index in [1.54, 1.807) is 0 Å². The SMILES string of the molecule is CCOC1CCN(c2nc(C)nc3cc(Br)ccc23)C1. The first-order chi connectivity index (χ1) is 9.67. The predicted octanol–water partition coefficient (Wildman–Crippen LogP) is 3.32. The van der Waals surface area contributed by atoms with E-state index >= 15 is 0 Å². The number of anilines is 1. The summed E-state index contributed by atoms with van der Waals surface area (Å²) in [5.74, 6) is 1.84. The van der Waals surface area contributed by atoms with E-state index in [0.29, 0.717) is 6.10 Å². The van der Waals surface area contributed by atoms with Crippen molar-refractivity contribution in [1.82, 2.24) is 9.97 Å². The third-order valence-electron chi connectivity index (χ3n) is 3.60. The summed E-state index contributed by atoms with van der Waals surface area (Å²) in [5, 5.41) is 1.11. The molecule has 0 aliphatic carbocycles. The summed E-state index contributed by atoms with van der Waals surface area (Å²) in [7, 11) is 0. The normalized spacial score (nSPS) is 18.9. The molecule has 0 N–H and O–H groups in total. The first-order valence-electron chi connectivity index (χ1n) is 6.98. The number of halogens is 1. The van der Waals surface area contributed by atoms with Crippen LogP contribution < -0.4 is 4.90 Å². The van der Waals surface area contributed by atoms with Crippen LogP contribution in [0.4, 0.5) is 5.82 Å². The third-order valence-corrected chi connectivity index (χ3v) is 4.09. The maximum atomic E-state index is 5.72. The van der Waals surface area contributed by atoms with Crippen molar-refractivity contribution < 1.29 is 4.74 Å². The van der Waals surface area contributed by atoms with Crippen molar-refractivity contribution in [2.45, 2.75) is 26.4 Å². The zero-order valence-electron chi connectivity index (χ0n) is 11.8. The number of aryl methyl sites for hydroxylation is 1. The standard InChI is InChI=1S/C15H18BrN3O/c1-3-20-12-6-7-19(9-12)15-13-5-4-11(16)8-14(13)17-10(2)18-15/h4-5,8,12H,3,6-7,9H2,1-2H3. The predicted molar refractivity (Wildman–Crippen MR) is 84.2 cm³/mol. The van der Waals surface area contributed by atoms with Crippen molar-refractivity contribution in [1.29, 1.82) is 0 Å². The quantitative estimate of drug-likeness (QED) is 0.862. The Morgan fingerprint density at radius 2 is 2.25 bits per heavy atom. The first kappa shape index (κ1) is 13.8. The largest absolute Gasteiger partial charge is 0.377 e. The molecular formula is C15H18BrN3O. The first-order valence-corrected chi connectivity index (χ1v) is 7.77.